The van der Waals surface area contributed by atoms with Gasteiger partial charge in [0.1, 0.15) is 0 Å². The molecule has 0 aliphatic heterocycles. The van der Waals surface area contributed by atoms with Crippen molar-refractivity contribution in [3.8, 4) is 0 Å². The highest BCUT2D eigenvalue weighted by Gasteiger charge is 2.25. The number of rotatable bonds is 13. The monoisotopic (exact) mass is 357 g/mol. The fourth-order valence-corrected chi connectivity index (χ4v) is 2.94. The zero-order valence-corrected chi connectivity index (χ0v) is 16.1. The molecule has 4 heteroatoms. The molecule has 1 aromatic carbocycles. The van der Waals surface area contributed by atoms with E-state index in [0.717, 1.165) is 43.2 Å². The molecule has 0 spiro atoms. The molecule has 1 aromatic rings. The SMILES string of the molecule is C=CCCCCCc1ccccc1C(=O)C[C@@H](CC=C)C(=O)N(C)OC. The van der Waals surface area contributed by atoms with E-state index in [0.29, 0.717) is 6.42 Å². The molecule has 0 radical (unpaired) electrons. The van der Waals surface area contributed by atoms with E-state index < -0.39 is 5.92 Å². The van der Waals surface area contributed by atoms with Crippen molar-refractivity contribution in [2.45, 2.75) is 44.9 Å². The quantitative estimate of drug-likeness (QED) is 0.221. The Morgan fingerprint density at radius 2 is 1.88 bits per heavy atom. The lowest BCUT2D eigenvalue weighted by Crippen LogP contribution is -2.33. The van der Waals surface area contributed by atoms with Crippen molar-refractivity contribution in [1.82, 2.24) is 5.06 Å². The smallest absolute Gasteiger partial charge is 0.249 e. The van der Waals surface area contributed by atoms with Crippen LogP contribution in [0.15, 0.2) is 49.6 Å². The number of allylic oxidation sites excluding steroid dienone is 2. The number of hydrogen-bond donors (Lipinski definition) is 0. The molecule has 1 rings (SSSR count). The molecular weight excluding hydrogens is 326 g/mol. The Hall–Kier alpha value is -2.20. The lowest BCUT2D eigenvalue weighted by atomic mass is 9.91. The van der Waals surface area contributed by atoms with Crippen molar-refractivity contribution >= 4 is 11.7 Å². The molecule has 0 aromatic heterocycles. The van der Waals surface area contributed by atoms with Crippen molar-refractivity contribution in [1.29, 1.82) is 0 Å². The average molecular weight is 357 g/mol. The molecule has 0 N–H and O–H groups in total. The number of carbonyl (C=O) groups excluding carboxylic acids is 2. The third kappa shape index (κ3) is 6.96. The summed E-state index contributed by atoms with van der Waals surface area (Å²) in [5.74, 6) is -0.662. The number of benzene rings is 1. The van der Waals surface area contributed by atoms with Gasteiger partial charge in [0, 0.05) is 19.0 Å². The molecule has 1 atom stereocenters. The van der Waals surface area contributed by atoms with Gasteiger partial charge in [-0.3, -0.25) is 14.4 Å². The van der Waals surface area contributed by atoms with Crippen LogP contribution in [0.2, 0.25) is 0 Å². The van der Waals surface area contributed by atoms with Crippen LogP contribution in [0, 0.1) is 5.92 Å². The summed E-state index contributed by atoms with van der Waals surface area (Å²) in [5, 5.41) is 1.17. The van der Waals surface area contributed by atoms with E-state index in [1.54, 1.807) is 13.1 Å². The number of hydroxylamine groups is 2. The number of ketones is 1. The zero-order chi connectivity index (χ0) is 19.4. The predicted octanol–water partition coefficient (Wildman–Crippen LogP) is 4.76. The minimum absolute atomic E-state index is 0.00334. The molecule has 0 heterocycles. The first-order chi connectivity index (χ1) is 12.5. The Morgan fingerprint density at radius 1 is 1.15 bits per heavy atom. The van der Waals surface area contributed by atoms with Gasteiger partial charge in [-0.2, -0.15) is 0 Å². The standard InChI is InChI=1S/C22H31NO3/c1-5-7-8-9-10-14-18-15-11-12-16-20(18)21(24)17-19(13-6-2)22(25)23(3)26-4/h5-6,11-12,15-16,19H,1-2,7-10,13-14,17H2,3-4H3/t19-/m1/s1. The van der Waals surface area contributed by atoms with Crippen molar-refractivity contribution < 1.29 is 14.4 Å². The number of unbranched alkanes of at least 4 members (excludes halogenated alkanes) is 3. The normalized spacial score (nSPS) is 11.6. The Balaban J connectivity index is 2.79. The van der Waals surface area contributed by atoms with Crippen LogP contribution in [0.25, 0.3) is 0 Å². The minimum Gasteiger partial charge on any atom is -0.294 e. The van der Waals surface area contributed by atoms with Crippen LogP contribution in [0.5, 0.6) is 0 Å². The molecule has 0 bridgehead atoms. The summed E-state index contributed by atoms with van der Waals surface area (Å²) in [7, 11) is 2.99. The van der Waals surface area contributed by atoms with Crippen LogP contribution in [-0.2, 0) is 16.1 Å². The summed E-state index contributed by atoms with van der Waals surface area (Å²) in [6, 6.07) is 7.70. The van der Waals surface area contributed by atoms with Gasteiger partial charge in [-0.05, 0) is 37.7 Å². The first kappa shape index (κ1) is 21.8. The molecule has 4 nitrogen and oxygen atoms in total. The van der Waals surface area contributed by atoms with Crippen molar-refractivity contribution in [3.05, 3.63) is 60.7 Å². The van der Waals surface area contributed by atoms with Gasteiger partial charge in [-0.15, -0.1) is 13.2 Å². The molecule has 0 aliphatic rings. The maximum absolute atomic E-state index is 12.8. The first-order valence-corrected chi connectivity index (χ1v) is 9.19. The van der Waals surface area contributed by atoms with Crippen LogP contribution in [0.1, 0.15) is 54.4 Å². The van der Waals surface area contributed by atoms with Gasteiger partial charge >= 0.3 is 0 Å². The number of nitrogens with zero attached hydrogens (tertiary/aromatic N) is 1. The Bertz CT molecular complexity index is 609. The number of hydrogen-bond acceptors (Lipinski definition) is 3. The lowest BCUT2D eigenvalue weighted by molar-refractivity contribution is -0.173. The maximum atomic E-state index is 12.8. The highest BCUT2D eigenvalue weighted by molar-refractivity contribution is 5.99. The summed E-state index contributed by atoms with van der Waals surface area (Å²) in [5.41, 5.74) is 1.78. The Labute approximate surface area is 157 Å². The largest absolute Gasteiger partial charge is 0.294 e. The van der Waals surface area contributed by atoms with E-state index in [1.165, 1.54) is 12.2 Å². The van der Waals surface area contributed by atoms with Gasteiger partial charge in [0.25, 0.3) is 0 Å². The van der Waals surface area contributed by atoms with E-state index in [2.05, 4.69) is 13.2 Å². The molecule has 142 valence electrons. The number of carbonyl (C=O) groups is 2. The number of Topliss-reactive ketones (excluding diaryl/α,β-unsaturated/α-hetero) is 1. The van der Waals surface area contributed by atoms with Gasteiger partial charge in [-0.25, -0.2) is 5.06 Å². The van der Waals surface area contributed by atoms with Gasteiger partial charge in [0.15, 0.2) is 5.78 Å². The van der Waals surface area contributed by atoms with Gasteiger partial charge in [0.2, 0.25) is 5.91 Å². The van der Waals surface area contributed by atoms with Crippen molar-refractivity contribution in [2.75, 3.05) is 14.2 Å². The Morgan fingerprint density at radius 3 is 2.54 bits per heavy atom. The van der Waals surface area contributed by atoms with Crippen molar-refractivity contribution in [2.24, 2.45) is 5.92 Å². The second kappa shape index (κ2) is 12.2. The third-order valence-electron chi connectivity index (χ3n) is 4.49. The van der Waals surface area contributed by atoms with E-state index >= 15 is 0 Å². The first-order valence-electron chi connectivity index (χ1n) is 9.19. The van der Waals surface area contributed by atoms with E-state index in [-0.39, 0.29) is 18.1 Å². The second-order valence-corrected chi connectivity index (χ2v) is 6.41. The summed E-state index contributed by atoms with van der Waals surface area (Å²) in [6.45, 7) is 7.44. The number of aryl methyl sites for hydroxylation is 1. The molecule has 0 saturated carbocycles. The predicted molar refractivity (Wildman–Crippen MR) is 106 cm³/mol. The minimum atomic E-state index is -0.453. The fraction of sp³-hybridized carbons (Fsp3) is 0.455. The van der Waals surface area contributed by atoms with Gasteiger partial charge in [-0.1, -0.05) is 42.8 Å². The molecule has 0 saturated heterocycles. The molecule has 0 fully saturated rings. The van der Waals surface area contributed by atoms with Gasteiger partial charge < -0.3 is 0 Å². The van der Waals surface area contributed by atoms with E-state index in [1.807, 2.05) is 30.3 Å². The van der Waals surface area contributed by atoms with Crippen LogP contribution >= 0.6 is 0 Å². The second-order valence-electron chi connectivity index (χ2n) is 6.41. The summed E-state index contributed by atoms with van der Waals surface area (Å²) >= 11 is 0. The summed E-state index contributed by atoms with van der Waals surface area (Å²) in [4.78, 5) is 30.2. The summed E-state index contributed by atoms with van der Waals surface area (Å²) < 4.78 is 0. The molecule has 1 amide bonds. The van der Waals surface area contributed by atoms with Crippen LogP contribution in [-0.4, -0.2) is 30.9 Å². The fourth-order valence-electron chi connectivity index (χ4n) is 2.94. The van der Waals surface area contributed by atoms with E-state index in [4.69, 9.17) is 4.84 Å². The highest BCUT2D eigenvalue weighted by atomic mass is 16.7. The van der Waals surface area contributed by atoms with Crippen LogP contribution in [0.4, 0.5) is 0 Å². The third-order valence-corrected chi connectivity index (χ3v) is 4.49. The highest BCUT2D eigenvalue weighted by Crippen LogP contribution is 2.20. The summed E-state index contributed by atoms with van der Waals surface area (Å²) in [6.07, 6.45) is 9.39. The van der Waals surface area contributed by atoms with Crippen molar-refractivity contribution in [3.63, 3.8) is 0 Å². The molecule has 26 heavy (non-hydrogen) atoms. The lowest BCUT2D eigenvalue weighted by Gasteiger charge is -2.20. The molecule has 0 unspecified atom stereocenters. The van der Waals surface area contributed by atoms with Gasteiger partial charge in [0.05, 0.1) is 13.0 Å². The average Bonchev–Trinajstić information content (AvgIpc) is 2.66. The maximum Gasteiger partial charge on any atom is 0.249 e. The molecular formula is C22H31NO3. The zero-order valence-electron chi connectivity index (χ0n) is 16.1. The van der Waals surface area contributed by atoms with Crippen LogP contribution in [0.3, 0.4) is 0 Å². The molecule has 0 aliphatic carbocycles. The number of amides is 1. The topological polar surface area (TPSA) is 46.6 Å². The Kier molecular flexibility index (Phi) is 10.3. The van der Waals surface area contributed by atoms with E-state index in [9.17, 15) is 9.59 Å². The van der Waals surface area contributed by atoms with Crippen LogP contribution < -0.4 is 0 Å².